The van der Waals surface area contributed by atoms with Crippen LogP contribution in [0, 0.1) is 5.92 Å². The minimum atomic E-state index is -0.0384. The lowest BCUT2D eigenvalue weighted by molar-refractivity contribution is -0.125. The van der Waals surface area contributed by atoms with Gasteiger partial charge in [-0.15, -0.1) is 0 Å². The van der Waals surface area contributed by atoms with E-state index in [9.17, 15) is 4.79 Å². The topological polar surface area (TPSA) is 38.3 Å². The van der Waals surface area contributed by atoms with Gasteiger partial charge in [0, 0.05) is 18.0 Å². The molecule has 1 unspecified atom stereocenters. The summed E-state index contributed by atoms with van der Waals surface area (Å²) < 4.78 is 5.11. The van der Waals surface area contributed by atoms with Crippen LogP contribution in [0.1, 0.15) is 27.2 Å². The van der Waals surface area contributed by atoms with Gasteiger partial charge in [0.05, 0.1) is 0 Å². The van der Waals surface area contributed by atoms with Gasteiger partial charge in [0.25, 0.3) is 0 Å². The highest BCUT2D eigenvalue weighted by Crippen LogP contribution is 2.09. The smallest absolute Gasteiger partial charge is 0.246 e. The lowest BCUT2D eigenvalue weighted by atomic mass is 10.1. The number of amides is 1. The molecule has 0 aromatic heterocycles. The first kappa shape index (κ1) is 13.9. The molecular formula is C10H20BrNO2. The molecule has 4 heteroatoms. The van der Waals surface area contributed by atoms with E-state index in [-0.39, 0.29) is 12.5 Å². The molecule has 0 fully saturated rings. The van der Waals surface area contributed by atoms with Crippen molar-refractivity contribution in [1.82, 2.24) is 5.32 Å². The van der Waals surface area contributed by atoms with Gasteiger partial charge in [0.2, 0.25) is 5.91 Å². The molecule has 0 radical (unpaired) electrons. The van der Waals surface area contributed by atoms with Gasteiger partial charge in [-0.1, -0.05) is 36.7 Å². The van der Waals surface area contributed by atoms with Crippen molar-refractivity contribution in [2.24, 2.45) is 5.92 Å². The number of carbonyl (C=O) groups is 1. The van der Waals surface area contributed by atoms with Gasteiger partial charge in [0.15, 0.2) is 0 Å². The Morgan fingerprint density at radius 3 is 2.64 bits per heavy atom. The molecule has 0 saturated carbocycles. The Morgan fingerprint density at radius 1 is 1.50 bits per heavy atom. The van der Waals surface area contributed by atoms with Crippen LogP contribution in [0.3, 0.4) is 0 Å². The molecular weight excluding hydrogens is 246 g/mol. The number of carbonyl (C=O) groups excluding carboxylic acids is 1. The molecule has 0 saturated heterocycles. The monoisotopic (exact) mass is 265 g/mol. The molecule has 1 atom stereocenters. The molecule has 1 N–H and O–H groups in total. The van der Waals surface area contributed by atoms with Crippen LogP contribution in [-0.4, -0.2) is 30.5 Å². The quantitative estimate of drug-likeness (QED) is 0.565. The first-order chi connectivity index (χ1) is 6.57. The molecule has 0 spiro atoms. The van der Waals surface area contributed by atoms with Gasteiger partial charge in [-0.25, -0.2) is 0 Å². The minimum absolute atomic E-state index is 0.0384. The van der Waals surface area contributed by atoms with E-state index in [0.29, 0.717) is 23.9 Å². The van der Waals surface area contributed by atoms with Crippen LogP contribution in [0.15, 0.2) is 0 Å². The summed E-state index contributed by atoms with van der Waals surface area (Å²) in [5.74, 6) is 0.482. The Kier molecular flexibility index (Phi) is 8.18. The maximum Gasteiger partial charge on any atom is 0.246 e. The summed E-state index contributed by atoms with van der Waals surface area (Å²) in [5, 5.41) is 2.81. The normalized spacial score (nSPS) is 12.9. The molecule has 3 nitrogen and oxygen atoms in total. The molecule has 1 amide bonds. The number of rotatable bonds is 7. The highest BCUT2D eigenvalue weighted by molar-refractivity contribution is 9.09. The maximum atomic E-state index is 11.2. The van der Waals surface area contributed by atoms with Gasteiger partial charge in [-0.05, 0) is 12.3 Å². The zero-order valence-electron chi connectivity index (χ0n) is 9.18. The summed E-state index contributed by atoms with van der Waals surface area (Å²) in [4.78, 5) is 11.5. The van der Waals surface area contributed by atoms with Crippen molar-refractivity contribution in [3.63, 3.8) is 0 Å². The molecule has 0 rings (SSSR count). The summed E-state index contributed by atoms with van der Waals surface area (Å²) in [6, 6.07) is 0. The van der Waals surface area contributed by atoms with Gasteiger partial charge in [-0.2, -0.15) is 0 Å². The molecule has 14 heavy (non-hydrogen) atoms. The minimum Gasteiger partial charge on any atom is -0.372 e. The Balaban J connectivity index is 3.44. The summed E-state index contributed by atoms with van der Waals surface area (Å²) in [5.41, 5.74) is 0. The van der Waals surface area contributed by atoms with Crippen LogP contribution in [0.4, 0.5) is 0 Å². The number of ether oxygens (including phenoxy) is 1. The van der Waals surface area contributed by atoms with Gasteiger partial charge in [0.1, 0.15) is 6.61 Å². The van der Waals surface area contributed by atoms with Crippen LogP contribution in [-0.2, 0) is 9.53 Å². The van der Waals surface area contributed by atoms with Crippen molar-refractivity contribution in [2.75, 3.05) is 19.8 Å². The fourth-order valence-electron chi connectivity index (χ4n) is 0.807. The van der Waals surface area contributed by atoms with Crippen LogP contribution in [0.25, 0.3) is 0 Å². The second kappa shape index (κ2) is 8.24. The molecule has 0 bridgehead atoms. The van der Waals surface area contributed by atoms with Crippen molar-refractivity contribution in [3.8, 4) is 0 Å². The Labute approximate surface area is 94.7 Å². The van der Waals surface area contributed by atoms with Crippen molar-refractivity contribution < 1.29 is 9.53 Å². The second-order valence-electron chi connectivity index (χ2n) is 3.62. The number of hydrogen-bond acceptors (Lipinski definition) is 2. The maximum absolute atomic E-state index is 11.2. The molecule has 0 heterocycles. The lowest BCUT2D eigenvalue weighted by Crippen LogP contribution is -2.34. The van der Waals surface area contributed by atoms with E-state index in [1.807, 2.05) is 6.92 Å². The predicted octanol–water partition coefficient (Wildman–Crippen LogP) is 1.95. The summed E-state index contributed by atoms with van der Waals surface area (Å²) >= 11 is 3.50. The van der Waals surface area contributed by atoms with E-state index in [2.05, 4.69) is 35.1 Å². The Morgan fingerprint density at radius 2 is 2.14 bits per heavy atom. The average molecular weight is 266 g/mol. The van der Waals surface area contributed by atoms with Gasteiger partial charge < -0.3 is 10.1 Å². The molecule has 0 aliphatic carbocycles. The number of halogens is 1. The Hall–Kier alpha value is -0.0900. The highest BCUT2D eigenvalue weighted by Gasteiger charge is 2.10. The third kappa shape index (κ3) is 7.33. The summed E-state index contributed by atoms with van der Waals surface area (Å²) in [6.07, 6.45) is 0.945. The Bertz CT molecular complexity index is 162. The molecule has 0 aliphatic rings. The standard InChI is InChI=1S/C10H20BrNO2/c1-4-5-14-7-10(13)12-6-9(11)8(2)3/h8-9H,4-7H2,1-3H3,(H,12,13). The molecule has 84 valence electrons. The van der Waals surface area contributed by atoms with Gasteiger partial charge in [-0.3, -0.25) is 4.79 Å². The number of alkyl halides is 1. The predicted molar refractivity (Wildman–Crippen MR) is 61.7 cm³/mol. The van der Waals surface area contributed by atoms with E-state index in [4.69, 9.17) is 4.74 Å². The molecule has 0 aromatic carbocycles. The van der Waals surface area contributed by atoms with Crippen molar-refractivity contribution in [3.05, 3.63) is 0 Å². The van der Waals surface area contributed by atoms with Crippen molar-refractivity contribution >= 4 is 21.8 Å². The van der Waals surface area contributed by atoms with E-state index >= 15 is 0 Å². The van der Waals surface area contributed by atoms with Crippen molar-refractivity contribution in [2.45, 2.75) is 32.0 Å². The first-order valence-corrected chi connectivity index (χ1v) is 5.98. The van der Waals surface area contributed by atoms with E-state index in [1.165, 1.54) is 0 Å². The zero-order valence-corrected chi connectivity index (χ0v) is 10.8. The van der Waals surface area contributed by atoms with Crippen LogP contribution < -0.4 is 5.32 Å². The summed E-state index contributed by atoms with van der Waals surface area (Å²) in [7, 11) is 0. The lowest BCUT2D eigenvalue weighted by Gasteiger charge is -2.14. The van der Waals surface area contributed by atoms with E-state index in [0.717, 1.165) is 6.42 Å². The second-order valence-corrected chi connectivity index (χ2v) is 4.79. The number of nitrogens with one attached hydrogen (secondary N) is 1. The molecule has 0 aliphatic heterocycles. The zero-order chi connectivity index (χ0) is 11.0. The van der Waals surface area contributed by atoms with Crippen LogP contribution in [0.2, 0.25) is 0 Å². The SMILES string of the molecule is CCCOCC(=O)NCC(Br)C(C)C. The number of hydrogen-bond donors (Lipinski definition) is 1. The highest BCUT2D eigenvalue weighted by atomic mass is 79.9. The fraction of sp³-hybridized carbons (Fsp3) is 0.900. The van der Waals surface area contributed by atoms with E-state index < -0.39 is 0 Å². The van der Waals surface area contributed by atoms with Crippen molar-refractivity contribution in [1.29, 1.82) is 0 Å². The van der Waals surface area contributed by atoms with Crippen LogP contribution >= 0.6 is 15.9 Å². The van der Waals surface area contributed by atoms with Crippen LogP contribution in [0.5, 0.6) is 0 Å². The van der Waals surface area contributed by atoms with Gasteiger partial charge >= 0.3 is 0 Å². The largest absolute Gasteiger partial charge is 0.372 e. The third-order valence-electron chi connectivity index (χ3n) is 1.80. The first-order valence-electron chi connectivity index (χ1n) is 5.06. The van der Waals surface area contributed by atoms with E-state index in [1.54, 1.807) is 0 Å². The molecule has 0 aromatic rings. The fourth-order valence-corrected chi connectivity index (χ4v) is 0.969. The summed E-state index contributed by atoms with van der Waals surface area (Å²) in [6.45, 7) is 7.72. The third-order valence-corrected chi connectivity index (χ3v) is 3.18. The average Bonchev–Trinajstić information content (AvgIpc) is 2.14.